The Hall–Kier alpha value is -2.20. The molecule has 1 aromatic carbocycles. The highest BCUT2D eigenvalue weighted by Gasteiger charge is 2.34. The van der Waals surface area contributed by atoms with Gasteiger partial charge < -0.3 is 4.90 Å². The van der Waals surface area contributed by atoms with Crippen molar-refractivity contribution in [3.63, 3.8) is 0 Å². The monoisotopic (exact) mass is 307 g/mol. The second kappa shape index (κ2) is 6.13. The summed E-state index contributed by atoms with van der Waals surface area (Å²) in [5.74, 6) is 0.162. The van der Waals surface area contributed by atoms with Crippen molar-refractivity contribution in [2.45, 2.75) is 32.0 Å². The molecule has 0 unspecified atom stereocenters. The molecule has 1 fully saturated rings. The number of benzene rings is 1. The molecule has 0 aliphatic carbocycles. The lowest BCUT2D eigenvalue weighted by Crippen LogP contribution is -2.44. The molecule has 0 atom stereocenters. The molecule has 1 amide bonds. The van der Waals surface area contributed by atoms with Gasteiger partial charge in [-0.1, -0.05) is 30.3 Å². The van der Waals surface area contributed by atoms with Crippen LogP contribution in [0.1, 0.15) is 34.5 Å². The third-order valence-corrected chi connectivity index (χ3v) is 4.95. The number of carbonyl (C=O) groups excluding carboxylic acids is 1. The highest BCUT2D eigenvalue weighted by Crippen LogP contribution is 2.27. The molecule has 2 aromatic rings. The Morgan fingerprint density at radius 2 is 1.83 bits per heavy atom. The van der Waals surface area contributed by atoms with E-state index in [0.29, 0.717) is 12.6 Å². The number of amides is 1. The van der Waals surface area contributed by atoms with Crippen LogP contribution in [0.3, 0.4) is 0 Å². The minimum absolute atomic E-state index is 0.162. The number of aromatic nitrogens is 1. The summed E-state index contributed by atoms with van der Waals surface area (Å²) in [6.45, 7) is 3.78. The van der Waals surface area contributed by atoms with Crippen LogP contribution in [0.5, 0.6) is 0 Å². The molecular weight excluding hydrogens is 286 g/mol. The van der Waals surface area contributed by atoms with Crippen LogP contribution in [-0.4, -0.2) is 39.8 Å². The van der Waals surface area contributed by atoms with Crippen LogP contribution in [0, 0.1) is 0 Å². The van der Waals surface area contributed by atoms with Crippen LogP contribution in [0.4, 0.5) is 0 Å². The number of piperidine rings is 1. The van der Waals surface area contributed by atoms with Crippen molar-refractivity contribution in [2.24, 2.45) is 0 Å². The van der Waals surface area contributed by atoms with Gasteiger partial charge in [0.1, 0.15) is 0 Å². The Morgan fingerprint density at radius 3 is 2.57 bits per heavy atom. The predicted octanol–water partition coefficient (Wildman–Crippen LogP) is 2.70. The SMILES string of the molecule is O=C1c2cccnc2CN1C1CCN(Cc2ccccc2)CC1. The smallest absolute Gasteiger partial charge is 0.256 e. The molecular formula is C19H21N3O. The van der Waals surface area contributed by atoms with E-state index < -0.39 is 0 Å². The fourth-order valence-electron chi connectivity index (χ4n) is 3.67. The summed E-state index contributed by atoms with van der Waals surface area (Å²) in [6, 6.07) is 14.7. The molecule has 118 valence electrons. The quantitative estimate of drug-likeness (QED) is 0.875. The summed E-state index contributed by atoms with van der Waals surface area (Å²) in [5, 5.41) is 0. The molecule has 4 nitrogen and oxygen atoms in total. The first kappa shape index (κ1) is 14.4. The van der Waals surface area contributed by atoms with Crippen molar-refractivity contribution in [3.05, 3.63) is 65.5 Å². The van der Waals surface area contributed by atoms with Gasteiger partial charge in [-0.3, -0.25) is 14.7 Å². The van der Waals surface area contributed by atoms with Crippen molar-refractivity contribution < 1.29 is 4.79 Å². The minimum atomic E-state index is 0.162. The van der Waals surface area contributed by atoms with Gasteiger partial charge in [0.15, 0.2) is 0 Å². The van der Waals surface area contributed by atoms with Gasteiger partial charge in [0.25, 0.3) is 5.91 Å². The molecule has 1 aromatic heterocycles. The molecule has 4 heteroatoms. The minimum Gasteiger partial charge on any atom is -0.330 e. The molecule has 0 saturated carbocycles. The number of nitrogens with zero attached hydrogens (tertiary/aromatic N) is 3. The van der Waals surface area contributed by atoms with Crippen LogP contribution in [-0.2, 0) is 13.1 Å². The predicted molar refractivity (Wildman–Crippen MR) is 88.9 cm³/mol. The number of likely N-dealkylation sites (tertiary alicyclic amines) is 1. The van der Waals surface area contributed by atoms with E-state index in [-0.39, 0.29) is 5.91 Å². The maximum Gasteiger partial charge on any atom is 0.256 e. The Labute approximate surface area is 136 Å². The van der Waals surface area contributed by atoms with Crippen molar-refractivity contribution in [2.75, 3.05) is 13.1 Å². The number of fused-ring (bicyclic) bond motifs is 1. The number of pyridine rings is 1. The van der Waals surface area contributed by atoms with Gasteiger partial charge in [0, 0.05) is 31.9 Å². The molecule has 23 heavy (non-hydrogen) atoms. The van der Waals surface area contributed by atoms with Gasteiger partial charge in [0.2, 0.25) is 0 Å². The first-order chi connectivity index (χ1) is 11.3. The van der Waals surface area contributed by atoms with E-state index in [4.69, 9.17) is 0 Å². The highest BCUT2D eigenvalue weighted by molar-refractivity contribution is 5.97. The zero-order valence-electron chi connectivity index (χ0n) is 13.2. The normalized spacial score (nSPS) is 19.1. The standard InChI is InChI=1S/C19H21N3O/c23-19-17-7-4-10-20-18(17)14-22(19)16-8-11-21(12-9-16)13-15-5-2-1-3-6-15/h1-7,10,16H,8-9,11-14H2. The van der Waals surface area contributed by atoms with Crippen LogP contribution in [0.2, 0.25) is 0 Å². The lowest BCUT2D eigenvalue weighted by molar-refractivity contribution is 0.0589. The van der Waals surface area contributed by atoms with Gasteiger partial charge in [-0.2, -0.15) is 0 Å². The zero-order valence-corrected chi connectivity index (χ0v) is 13.2. The van der Waals surface area contributed by atoms with Crippen LogP contribution in [0.15, 0.2) is 48.7 Å². The first-order valence-corrected chi connectivity index (χ1v) is 8.32. The van der Waals surface area contributed by atoms with Crippen molar-refractivity contribution in [1.29, 1.82) is 0 Å². The Bertz CT molecular complexity index is 693. The third kappa shape index (κ3) is 2.86. The highest BCUT2D eigenvalue weighted by atomic mass is 16.2. The van der Waals surface area contributed by atoms with E-state index in [1.165, 1.54) is 5.56 Å². The molecule has 3 heterocycles. The first-order valence-electron chi connectivity index (χ1n) is 8.32. The molecule has 0 spiro atoms. The molecule has 1 saturated heterocycles. The van der Waals surface area contributed by atoms with E-state index in [1.54, 1.807) is 6.20 Å². The summed E-state index contributed by atoms with van der Waals surface area (Å²) < 4.78 is 0. The number of carbonyl (C=O) groups is 1. The lowest BCUT2D eigenvalue weighted by atomic mass is 10.0. The largest absolute Gasteiger partial charge is 0.330 e. The second-order valence-electron chi connectivity index (χ2n) is 6.42. The lowest BCUT2D eigenvalue weighted by Gasteiger charge is -2.36. The van der Waals surface area contributed by atoms with Gasteiger partial charge in [-0.05, 0) is 30.5 Å². The summed E-state index contributed by atoms with van der Waals surface area (Å²) in [7, 11) is 0. The number of hydrogen-bond acceptors (Lipinski definition) is 3. The molecule has 4 rings (SSSR count). The zero-order chi connectivity index (χ0) is 15.6. The molecule has 2 aliphatic rings. The molecule has 0 radical (unpaired) electrons. The van der Waals surface area contributed by atoms with E-state index in [1.807, 2.05) is 17.0 Å². The maximum absolute atomic E-state index is 12.5. The molecule has 0 N–H and O–H groups in total. The second-order valence-corrected chi connectivity index (χ2v) is 6.42. The van der Waals surface area contributed by atoms with Gasteiger partial charge in [-0.15, -0.1) is 0 Å². The Balaban J connectivity index is 1.37. The molecule has 2 aliphatic heterocycles. The molecule has 0 bridgehead atoms. The summed E-state index contributed by atoms with van der Waals surface area (Å²) >= 11 is 0. The van der Waals surface area contributed by atoms with Crippen molar-refractivity contribution in [1.82, 2.24) is 14.8 Å². The summed E-state index contributed by atoms with van der Waals surface area (Å²) in [6.07, 6.45) is 3.87. The van der Waals surface area contributed by atoms with Crippen LogP contribution >= 0.6 is 0 Å². The number of rotatable bonds is 3. The topological polar surface area (TPSA) is 36.4 Å². The van der Waals surface area contributed by atoms with Crippen molar-refractivity contribution >= 4 is 5.91 Å². The average molecular weight is 307 g/mol. The van der Waals surface area contributed by atoms with E-state index in [2.05, 4.69) is 40.2 Å². The van der Waals surface area contributed by atoms with E-state index in [0.717, 1.165) is 43.7 Å². The number of hydrogen-bond donors (Lipinski definition) is 0. The maximum atomic E-state index is 12.5. The summed E-state index contributed by atoms with van der Waals surface area (Å²) in [5.41, 5.74) is 3.09. The fraction of sp³-hybridized carbons (Fsp3) is 0.368. The van der Waals surface area contributed by atoms with E-state index >= 15 is 0 Å². The van der Waals surface area contributed by atoms with Crippen LogP contribution < -0.4 is 0 Å². The fourth-order valence-corrected chi connectivity index (χ4v) is 3.67. The van der Waals surface area contributed by atoms with Gasteiger partial charge in [0.05, 0.1) is 17.8 Å². The Kier molecular flexibility index (Phi) is 3.83. The Morgan fingerprint density at radius 1 is 1.04 bits per heavy atom. The summed E-state index contributed by atoms with van der Waals surface area (Å²) in [4.78, 5) is 21.4. The van der Waals surface area contributed by atoms with E-state index in [9.17, 15) is 4.79 Å². The van der Waals surface area contributed by atoms with Crippen LogP contribution in [0.25, 0.3) is 0 Å². The van der Waals surface area contributed by atoms with Crippen molar-refractivity contribution in [3.8, 4) is 0 Å². The van der Waals surface area contributed by atoms with Gasteiger partial charge >= 0.3 is 0 Å². The third-order valence-electron chi connectivity index (χ3n) is 4.95. The van der Waals surface area contributed by atoms with Gasteiger partial charge in [-0.25, -0.2) is 0 Å². The average Bonchev–Trinajstić information content (AvgIpc) is 2.94.